The molecule has 4 nitrogen and oxygen atoms in total. The summed E-state index contributed by atoms with van der Waals surface area (Å²) in [6, 6.07) is 21.3. The molecule has 2 aromatic heterocycles. The molecule has 4 heteroatoms. The third-order valence-corrected chi connectivity index (χ3v) is 5.49. The van der Waals surface area contributed by atoms with E-state index in [1.807, 2.05) is 24.7 Å². The van der Waals surface area contributed by atoms with Crippen molar-refractivity contribution in [3.05, 3.63) is 90.5 Å². The molecule has 1 saturated heterocycles. The molecule has 0 spiro atoms. The molecule has 0 radical (unpaired) electrons. The fraction of sp³-hybridized carbons (Fsp3) is 0.208. The Hall–Kier alpha value is -3.11. The van der Waals surface area contributed by atoms with E-state index < -0.39 is 0 Å². The van der Waals surface area contributed by atoms with E-state index in [4.69, 9.17) is 0 Å². The molecule has 0 aliphatic carbocycles. The van der Waals surface area contributed by atoms with Crippen molar-refractivity contribution in [3.8, 4) is 11.4 Å². The molecule has 1 atom stereocenters. The predicted octanol–water partition coefficient (Wildman–Crippen LogP) is 5.03. The number of hydrogen-bond acceptors (Lipinski definition) is 4. The van der Waals surface area contributed by atoms with Gasteiger partial charge in [-0.1, -0.05) is 42.5 Å². The van der Waals surface area contributed by atoms with E-state index in [0.717, 1.165) is 42.2 Å². The Balaban J connectivity index is 1.34. The third kappa shape index (κ3) is 3.39. The van der Waals surface area contributed by atoms with Gasteiger partial charge in [-0.15, -0.1) is 0 Å². The lowest BCUT2D eigenvalue weighted by atomic mass is 10.1. The lowest BCUT2D eigenvalue weighted by Crippen LogP contribution is -2.23. The van der Waals surface area contributed by atoms with E-state index in [1.54, 1.807) is 0 Å². The molecule has 0 saturated carbocycles. The summed E-state index contributed by atoms with van der Waals surface area (Å²) in [6.45, 7) is 1.95. The second-order valence-electron chi connectivity index (χ2n) is 7.36. The fourth-order valence-corrected chi connectivity index (χ4v) is 4.07. The molecule has 4 aromatic rings. The van der Waals surface area contributed by atoms with Gasteiger partial charge in [-0.3, -0.25) is 9.88 Å². The van der Waals surface area contributed by atoms with Gasteiger partial charge in [0, 0.05) is 36.3 Å². The Morgan fingerprint density at radius 1 is 0.857 bits per heavy atom. The number of nitrogens with zero attached hydrogens (tertiary/aromatic N) is 4. The van der Waals surface area contributed by atoms with Gasteiger partial charge < -0.3 is 0 Å². The first-order valence-corrected chi connectivity index (χ1v) is 9.82. The van der Waals surface area contributed by atoms with Gasteiger partial charge in [0.05, 0.1) is 11.7 Å². The first-order chi connectivity index (χ1) is 13.9. The van der Waals surface area contributed by atoms with Crippen LogP contribution in [0.2, 0.25) is 0 Å². The molecule has 0 amide bonds. The average molecular weight is 366 g/mol. The topological polar surface area (TPSA) is 41.9 Å². The van der Waals surface area contributed by atoms with Crippen LogP contribution in [0.25, 0.3) is 22.2 Å². The number of aromatic nitrogens is 3. The zero-order valence-corrected chi connectivity index (χ0v) is 15.7. The summed E-state index contributed by atoms with van der Waals surface area (Å²) in [4.78, 5) is 16.3. The second kappa shape index (κ2) is 7.49. The molecule has 2 aromatic carbocycles. The van der Waals surface area contributed by atoms with Crippen molar-refractivity contribution >= 4 is 10.8 Å². The number of hydrogen-bond donors (Lipinski definition) is 0. The highest BCUT2D eigenvalue weighted by Crippen LogP contribution is 2.31. The zero-order chi connectivity index (χ0) is 18.8. The zero-order valence-electron chi connectivity index (χ0n) is 15.7. The molecule has 5 rings (SSSR count). The minimum Gasteiger partial charge on any atom is -0.290 e. The Bertz CT molecular complexity index is 1080. The van der Waals surface area contributed by atoms with Gasteiger partial charge in [-0.2, -0.15) is 0 Å². The monoisotopic (exact) mass is 366 g/mol. The van der Waals surface area contributed by atoms with Crippen molar-refractivity contribution in [2.45, 2.75) is 25.4 Å². The number of likely N-dealkylation sites (tertiary alicyclic amines) is 1. The molecular formula is C24H22N4. The first kappa shape index (κ1) is 17.0. The first-order valence-electron chi connectivity index (χ1n) is 9.82. The minimum absolute atomic E-state index is 0.390. The smallest absolute Gasteiger partial charge is 0.159 e. The van der Waals surface area contributed by atoms with E-state index >= 15 is 0 Å². The highest BCUT2D eigenvalue weighted by Gasteiger charge is 2.26. The van der Waals surface area contributed by atoms with Crippen LogP contribution in [0.15, 0.2) is 79.3 Å². The van der Waals surface area contributed by atoms with Gasteiger partial charge in [0.15, 0.2) is 5.82 Å². The summed E-state index contributed by atoms with van der Waals surface area (Å²) in [6.07, 6.45) is 8.17. The SMILES string of the molecule is c1ccc([C@H]2CCCN2Cc2cnc(-c3ccc4ccccc4c3)nc2)nc1. The number of rotatable bonds is 4. The Kier molecular flexibility index (Phi) is 4.55. The molecule has 1 aliphatic heterocycles. The van der Waals surface area contributed by atoms with Crippen LogP contribution in [-0.2, 0) is 6.54 Å². The van der Waals surface area contributed by atoms with Crippen LogP contribution < -0.4 is 0 Å². The van der Waals surface area contributed by atoms with E-state index in [9.17, 15) is 0 Å². The molecule has 1 fully saturated rings. The fourth-order valence-electron chi connectivity index (χ4n) is 4.07. The molecule has 3 heterocycles. The molecule has 138 valence electrons. The van der Waals surface area contributed by atoms with Crippen LogP contribution in [-0.4, -0.2) is 26.4 Å². The highest BCUT2D eigenvalue weighted by molar-refractivity contribution is 5.86. The van der Waals surface area contributed by atoms with Gasteiger partial charge in [0.25, 0.3) is 0 Å². The van der Waals surface area contributed by atoms with E-state index in [2.05, 4.69) is 74.4 Å². The Morgan fingerprint density at radius 2 is 1.68 bits per heavy atom. The van der Waals surface area contributed by atoms with Crippen LogP contribution in [0.1, 0.15) is 30.1 Å². The Labute approximate surface area is 164 Å². The maximum atomic E-state index is 4.64. The molecule has 0 bridgehead atoms. The average Bonchev–Trinajstić information content (AvgIpc) is 3.23. The quantitative estimate of drug-likeness (QED) is 0.508. The van der Waals surface area contributed by atoms with Crippen molar-refractivity contribution < 1.29 is 0 Å². The Morgan fingerprint density at radius 3 is 2.50 bits per heavy atom. The van der Waals surface area contributed by atoms with Crippen LogP contribution in [0, 0.1) is 0 Å². The van der Waals surface area contributed by atoms with Gasteiger partial charge in [0.1, 0.15) is 0 Å². The molecule has 1 aliphatic rings. The maximum absolute atomic E-state index is 4.64. The number of pyridine rings is 1. The number of fused-ring (bicyclic) bond motifs is 1. The normalized spacial score (nSPS) is 17.2. The van der Waals surface area contributed by atoms with E-state index in [-0.39, 0.29) is 0 Å². The highest BCUT2D eigenvalue weighted by atomic mass is 15.2. The van der Waals surface area contributed by atoms with Crippen molar-refractivity contribution in [3.63, 3.8) is 0 Å². The summed E-state index contributed by atoms with van der Waals surface area (Å²) in [5.74, 6) is 0.775. The lowest BCUT2D eigenvalue weighted by Gasteiger charge is -2.23. The van der Waals surface area contributed by atoms with Crippen molar-refractivity contribution in [2.75, 3.05) is 6.54 Å². The molecule has 28 heavy (non-hydrogen) atoms. The molecule has 0 unspecified atom stereocenters. The van der Waals surface area contributed by atoms with Crippen molar-refractivity contribution in [1.29, 1.82) is 0 Å². The predicted molar refractivity (Wildman–Crippen MR) is 112 cm³/mol. The van der Waals surface area contributed by atoms with Gasteiger partial charge in [-0.25, -0.2) is 9.97 Å². The second-order valence-corrected chi connectivity index (χ2v) is 7.36. The lowest BCUT2D eigenvalue weighted by molar-refractivity contribution is 0.244. The van der Waals surface area contributed by atoms with Gasteiger partial charge >= 0.3 is 0 Å². The summed E-state index contributed by atoms with van der Waals surface area (Å²) in [5, 5.41) is 2.44. The summed E-state index contributed by atoms with van der Waals surface area (Å²) in [5.41, 5.74) is 3.36. The summed E-state index contributed by atoms with van der Waals surface area (Å²) >= 11 is 0. The van der Waals surface area contributed by atoms with Crippen LogP contribution in [0.5, 0.6) is 0 Å². The third-order valence-electron chi connectivity index (χ3n) is 5.49. The van der Waals surface area contributed by atoms with Crippen molar-refractivity contribution in [1.82, 2.24) is 19.9 Å². The molecule has 0 N–H and O–H groups in total. The minimum atomic E-state index is 0.390. The summed E-state index contributed by atoms with van der Waals surface area (Å²) < 4.78 is 0. The summed E-state index contributed by atoms with van der Waals surface area (Å²) in [7, 11) is 0. The standard InChI is InChI=1S/C24H22N4/c1-2-7-20-14-21(11-10-19(20)6-1)24-26-15-18(16-27-24)17-28-13-5-9-23(28)22-8-3-4-12-25-22/h1-4,6-8,10-12,14-16,23H,5,9,13,17H2/t23-/m1/s1. The van der Waals surface area contributed by atoms with E-state index in [0.29, 0.717) is 6.04 Å². The van der Waals surface area contributed by atoms with Crippen LogP contribution in [0.4, 0.5) is 0 Å². The maximum Gasteiger partial charge on any atom is 0.159 e. The largest absolute Gasteiger partial charge is 0.290 e. The van der Waals surface area contributed by atoms with Gasteiger partial charge in [-0.05, 0) is 48.4 Å². The molecular weight excluding hydrogens is 344 g/mol. The van der Waals surface area contributed by atoms with Crippen LogP contribution >= 0.6 is 0 Å². The number of benzene rings is 2. The van der Waals surface area contributed by atoms with Crippen molar-refractivity contribution in [2.24, 2.45) is 0 Å². The van der Waals surface area contributed by atoms with E-state index in [1.165, 1.54) is 17.2 Å². The van der Waals surface area contributed by atoms with Gasteiger partial charge in [0.2, 0.25) is 0 Å². The van der Waals surface area contributed by atoms with Crippen LogP contribution in [0.3, 0.4) is 0 Å².